The van der Waals surface area contributed by atoms with Crippen LogP contribution in [0.3, 0.4) is 0 Å². The number of rotatable bonds is 5. The van der Waals surface area contributed by atoms with E-state index in [4.69, 9.17) is 0 Å². The second-order valence-electron chi connectivity index (χ2n) is 4.81. The van der Waals surface area contributed by atoms with Crippen LogP contribution in [0.5, 0.6) is 0 Å². The summed E-state index contributed by atoms with van der Waals surface area (Å²) in [6, 6.07) is 5.11. The van der Waals surface area contributed by atoms with Gasteiger partial charge in [0.15, 0.2) is 4.96 Å². The number of nitrogens with one attached hydrogen (secondary N) is 1. The Morgan fingerprint density at radius 3 is 3.05 bits per heavy atom. The van der Waals surface area contributed by atoms with E-state index in [2.05, 4.69) is 46.0 Å². The second-order valence-corrected chi connectivity index (χ2v) is 6.84. The van der Waals surface area contributed by atoms with Crippen molar-refractivity contribution < 1.29 is 4.39 Å². The Kier molecular flexibility index (Phi) is 4.56. The first-order valence-corrected chi connectivity index (χ1v) is 8.72. The van der Waals surface area contributed by atoms with Gasteiger partial charge >= 0.3 is 0 Å². The average molecular weight is 415 g/mol. The van der Waals surface area contributed by atoms with Crippen molar-refractivity contribution in [1.82, 2.24) is 14.7 Å². The minimum Gasteiger partial charge on any atom is -0.310 e. The quantitative estimate of drug-likeness (QED) is 0.638. The van der Waals surface area contributed by atoms with Gasteiger partial charge in [-0.05, 0) is 46.8 Å². The van der Waals surface area contributed by atoms with Crippen molar-refractivity contribution >= 4 is 38.9 Å². The lowest BCUT2D eigenvalue weighted by Gasteiger charge is -2.19. The van der Waals surface area contributed by atoms with Gasteiger partial charge in [-0.25, -0.2) is 9.37 Å². The molecule has 6 heteroatoms. The van der Waals surface area contributed by atoms with E-state index >= 15 is 0 Å². The highest BCUT2D eigenvalue weighted by Crippen LogP contribution is 2.25. The first kappa shape index (κ1) is 14.9. The minimum atomic E-state index is -0.194. The lowest BCUT2D eigenvalue weighted by molar-refractivity contribution is 0.540. The van der Waals surface area contributed by atoms with E-state index in [0.29, 0.717) is 0 Å². The first-order chi connectivity index (χ1) is 10.2. The van der Waals surface area contributed by atoms with Crippen LogP contribution in [0.2, 0.25) is 0 Å². The highest BCUT2D eigenvalue weighted by molar-refractivity contribution is 14.1. The molecule has 0 saturated carbocycles. The predicted molar refractivity (Wildman–Crippen MR) is 92.3 cm³/mol. The largest absolute Gasteiger partial charge is 0.310 e. The van der Waals surface area contributed by atoms with Gasteiger partial charge in [0, 0.05) is 33.8 Å². The molecule has 21 heavy (non-hydrogen) atoms. The van der Waals surface area contributed by atoms with Gasteiger partial charge < -0.3 is 5.32 Å². The first-order valence-electron chi connectivity index (χ1n) is 6.76. The number of thiazole rings is 1. The number of benzene rings is 1. The molecule has 0 fully saturated rings. The summed E-state index contributed by atoms with van der Waals surface area (Å²) in [5.41, 5.74) is 2.17. The van der Waals surface area contributed by atoms with Crippen LogP contribution in [0.15, 0.2) is 36.0 Å². The van der Waals surface area contributed by atoms with Gasteiger partial charge in [-0.15, -0.1) is 11.3 Å². The molecule has 1 unspecified atom stereocenters. The lowest BCUT2D eigenvalue weighted by Crippen LogP contribution is -2.24. The molecule has 0 amide bonds. The summed E-state index contributed by atoms with van der Waals surface area (Å²) >= 11 is 3.82. The van der Waals surface area contributed by atoms with Gasteiger partial charge in [-0.2, -0.15) is 0 Å². The van der Waals surface area contributed by atoms with E-state index in [-0.39, 0.29) is 11.9 Å². The maximum Gasteiger partial charge on any atom is 0.193 e. The zero-order valence-electron chi connectivity index (χ0n) is 11.5. The van der Waals surface area contributed by atoms with Crippen molar-refractivity contribution in [2.45, 2.75) is 19.4 Å². The molecule has 0 aliphatic carbocycles. The summed E-state index contributed by atoms with van der Waals surface area (Å²) in [5, 5.41) is 5.50. The maximum atomic E-state index is 13.3. The van der Waals surface area contributed by atoms with E-state index in [0.717, 1.165) is 32.8 Å². The minimum absolute atomic E-state index is 0.145. The fourth-order valence-corrected chi connectivity index (χ4v) is 3.98. The SMILES string of the molecule is CCNC(Cc1cn2ccsc2n1)c1ccc(F)cc1I. The molecule has 0 saturated heterocycles. The Morgan fingerprint density at radius 2 is 2.33 bits per heavy atom. The number of imidazole rings is 1. The van der Waals surface area contributed by atoms with Crippen LogP contribution in [0.1, 0.15) is 24.2 Å². The Labute approximate surface area is 140 Å². The van der Waals surface area contributed by atoms with Gasteiger partial charge in [0.25, 0.3) is 0 Å². The maximum absolute atomic E-state index is 13.3. The van der Waals surface area contributed by atoms with E-state index < -0.39 is 0 Å². The molecule has 0 radical (unpaired) electrons. The van der Waals surface area contributed by atoms with Gasteiger partial charge in [-0.3, -0.25) is 4.40 Å². The highest BCUT2D eigenvalue weighted by atomic mass is 127. The standard InChI is InChI=1S/C15H15FIN3S/c1-2-18-14(12-4-3-10(16)7-13(12)17)8-11-9-20-5-6-21-15(20)19-11/h3-7,9,14,18H,2,8H2,1H3. The molecule has 0 spiro atoms. The van der Waals surface area contributed by atoms with E-state index in [1.54, 1.807) is 17.4 Å². The van der Waals surface area contributed by atoms with Crippen LogP contribution in [-0.2, 0) is 6.42 Å². The monoisotopic (exact) mass is 415 g/mol. The Balaban J connectivity index is 1.88. The van der Waals surface area contributed by atoms with Gasteiger partial charge in [-0.1, -0.05) is 13.0 Å². The number of likely N-dealkylation sites (N-methyl/N-ethyl adjacent to an activating group) is 1. The molecule has 2 aromatic heterocycles. The molecule has 3 nitrogen and oxygen atoms in total. The van der Waals surface area contributed by atoms with Crippen molar-refractivity contribution in [3.8, 4) is 0 Å². The fraction of sp³-hybridized carbons (Fsp3) is 0.267. The number of hydrogen-bond donors (Lipinski definition) is 1. The molecule has 3 aromatic rings. The summed E-state index contributed by atoms with van der Waals surface area (Å²) < 4.78 is 16.3. The number of hydrogen-bond acceptors (Lipinski definition) is 3. The third-order valence-corrected chi connectivity index (χ3v) is 5.05. The zero-order chi connectivity index (χ0) is 14.8. The summed E-state index contributed by atoms with van der Waals surface area (Å²) in [7, 11) is 0. The Hall–Kier alpha value is -0.990. The Bertz CT molecular complexity index is 724. The fourth-order valence-electron chi connectivity index (χ4n) is 2.41. The second kappa shape index (κ2) is 6.41. The molecule has 0 bridgehead atoms. The van der Waals surface area contributed by atoms with Crippen LogP contribution in [0, 0.1) is 9.39 Å². The van der Waals surface area contributed by atoms with Gasteiger partial charge in [0.05, 0.1) is 5.69 Å². The summed E-state index contributed by atoms with van der Waals surface area (Å²) in [4.78, 5) is 5.64. The van der Waals surface area contributed by atoms with Crippen LogP contribution >= 0.6 is 33.9 Å². The van der Waals surface area contributed by atoms with Crippen molar-refractivity contribution in [3.63, 3.8) is 0 Å². The number of nitrogens with zero attached hydrogens (tertiary/aromatic N) is 2. The predicted octanol–water partition coefficient (Wildman–Crippen LogP) is 4.03. The van der Waals surface area contributed by atoms with Crippen molar-refractivity contribution in [2.75, 3.05) is 6.54 Å². The van der Waals surface area contributed by atoms with E-state index in [1.807, 2.05) is 22.0 Å². The van der Waals surface area contributed by atoms with E-state index in [1.165, 1.54) is 6.07 Å². The molecule has 0 aliphatic heterocycles. The molecular formula is C15H15FIN3S. The van der Waals surface area contributed by atoms with Crippen LogP contribution in [-0.4, -0.2) is 15.9 Å². The number of fused-ring (bicyclic) bond motifs is 1. The van der Waals surface area contributed by atoms with Crippen LogP contribution in [0.25, 0.3) is 4.96 Å². The van der Waals surface area contributed by atoms with Crippen molar-refractivity contribution in [2.24, 2.45) is 0 Å². The molecule has 2 heterocycles. The molecule has 1 N–H and O–H groups in total. The summed E-state index contributed by atoms with van der Waals surface area (Å²) in [5.74, 6) is -0.194. The molecule has 110 valence electrons. The third kappa shape index (κ3) is 3.27. The van der Waals surface area contributed by atoms with E-state index in [9.17, 15) is 4.39 Å². The lowest BCUT2D eigenvalue weighted by atomic mass is 10.0. The topological polar surface area (TPSA) is 29.3 Å². The highest BCUT2D eigenvalue weighted by Gasteiger charge is 2.16. The van der Waals surface area contributed by atoms with Gasteiger partial charge in [0.1, 0.15) is 5.82 Å². The third-order valence-electron chi connectivity index (χ3n) is 3.34. The normalized spacial score (nSPS) is 12.9. The molecule has 0 aliphatic rings. The molecule has 3 rings (SSSR count). The molecule has 1 atom stereocenters. The molecule has 1 aromatic carbocycles. The summed E-state index contributed by atoms with van der Waals surface area (Å²) in [6.07, 6.45) is 4.87. The average Bonchev–Trinajstić information content (AvgIpc) is 2.99. The van der Waals surface area contributed by atoms with Crippen LogP contribution in [0.4, 0.5) is 4.39 Å². The number of aromatic nitrogens is 2. The van der Waals surface area contributed by atoms with Crippen molar-refractivity contribution in [3.05, 3.63) is 56.6 Å². The number of halogens is 2. The van der Waals surface area contributed by atoms with Crippen LogP contribution < -0.4 is 5.32 Å². The van der Waals surface area contributed by atoms with Gasteiger partial charge in [0.2, 0.25) is 0 Å². The summed E-state index contributed by atoms with van der Waals surface area (Å²) in [6.45, 7) is 2.94. The Morgan fingerprint density at radius 1 is 1.48 bits per heavy atom. The molecular weight excluding hydrogens is 400 g/mol. The zero-order valence-corrected chi connectivity index (χ0v) is 14.5. The smallest absolute Gasteiger partial charge is 0.193 e. The van der Waals surface area contributed by atoms with Crippen molar-refractivity contribution in [1.29, 1.82) is 0 Å².